The van der Waals surface area contributed by atoms with E-state index < -0.39 is 10.0 Å². The second-order valence-electron chi connectivity index (χ2n) is 5.43. The molecule has 3 aromatic rings. The molecule has 3 rings (SSSR count). The minimum absolute atomic E-state index is 0.0474. The number of hydrogen-bond acceptors (Lipinski definition) is 2. The van der Waals surface area contributed by atoms with E-state index >= 15 is 0 Å². The Bertz CT molecular complexity index is 887. The van der Waals surface area contributed by atoms with Crippen molar-refractivity contribution in [3.63, 3.8) is 0 Å². The molecule has 0 unspecified atom stereocenters. The van der Waals surface area contributed by atoms with Crippen molar-refractivity contribution in [1.29, 1.82) is 0 Å². The van der Waals surface area contributed by atoms with Gasteiger partial charge in [0.15, 0.2) is 14.7 Å². The number of hydrogen-bond donors (Lipinski definition) is 1. The summed E-state index contributed by atoms with van der Waals surface area (Å²) in [4.78, 5) is 3.27. The largest absolute Gasteiger partial charge is 0.279 e. The van der Waals surface area contributed by atoms with E-state index in [2.05, 4.69) is 29.0 Å². The number of sulfonamides is 1. The van der Waals surface area contributed by atoms with Gasteiger partial charge in [0.1, 0.15) is 16.6 Å². The minimum Gasteiger partial charge on any atom is -0.279 e. The predicted molar refractivity (Wildman–Crippen MR) is 105 cm³/mol. The maximum absolute atomic E-state index is 12.1. The summed E-state index contributed by atoms with van der Waals surface area (Å²) in [5.74, 6) is 0.0474. The molecule has 128 valence electrons. The van der Waals surface area contributed by atoms with Gasteiger partial charge >= 0.3 is 0 Å². The van der Waals surface area contributed by atoms with Crippen LogP contribution in [0.15, 0.2) is 99.6 Å². The van der Waals surface area contributed by atoms with Crippen molar-refractivity contribution in [2.24, 2.45) is 0 Å². The molecule has 0 aliphatic heterocycles. The average molecular weight is 371 g/mol. The summed E-state index contributed by atoms with van der Waals surface area (Å²) in [6, 6.07) is 28.0. The highest BCUT2D eigenvalue weighted by Gasteiger charge is 2.31. The van der Waals surface area contributed by atoms with E-state index in [0.717, 1.165) is 14.7 Å². The summed E-state index contributed by atoms with van der Waals surface area (Å²) in [5, 5.41) is 0. The number of rotatable bonds is 6. The van der Waals surface area contributed by atoms with Gasteiger partial charge in [-0.3, -0.25) is 4.72 Å². The summed E-state index contributed by atoms with van der Waals surface area (Å²) in [7, 11) is -3.73. The van der Waals surface area contributed by atoms with Crippen LogP contribution in [0.4, 0.5) is 5.69 Å². The molecule has 25 heavy (non-hydrogen) atoms. The van der Waals surface area contributed by atoms with Crippen LogP contribution in [0.5, 0.6) is 0 Å². The van der Waals surface area contributed by atoms with Crippen molar-refractivity contribution in [3.05, 3.63) is 84.9 Å². The molecule has 5 heteroatoms. The van der Waals surface area contributed by atoms with Gasteiger partial charge in [-0.25, -0.2) is 8.42 Å². The highest BCUT2D eigenvalue weighted by atomic mass is 32.2. The molecule has 0 aliphatic rings. The van der Waals surface area contributed by atoms with Crippen molar-refractivity contribution in [3.8, 4) is 0 Å². The molecule has 1 N–H and O–H groups in total. The van der Waals surface area contributed by atoms with E-state index in [1.165, 1.54) is 0 Å². The molecular weight excluding hydrogens is 350 g/mol. The van der Waals surface area contributed by atoms with Crippen molar-refractivity contribution in [1.82, 2.24) is 0 Å². The van der Waals surface area contributed by atoms with Gasteiger partial charge in [0.25, 0.3) is 0 Å². The Kier molecular flexibility index (Phi) is 5.46. The number of para-hydroxylation sites is 1. The van der Waals surface area contributed by atoms with Crippen LogP contribution in [0.25, 0.3) is 0 Å². The minimum atomic E-state index is -3.34. The van der Waals surface area contributed by atoms with Crippen LogP contribution in [-0.2, 0) is 20.9 Å². The zero-order valence-corrected chi connectivity index (χ0v) is 15.6. The third kappa shape index (κ3) is 4.24. The SMILES string of the molecule is CCS(=O)(=O)Nc1ccccc1[S+](c1ccccc1)c1ccccc1. The van der Waals surface area contributed by atoms with Gasteiger partial charge in [-0.1, -0.05) is 48.5 Å². The fraction of sp³-hybridized carbons (Fsp3) is 0.100. The zero-order valence-electron chi connectivity index (χ0n) is 13.9. The first-order valence-corrected chi connectivity index (χ1v) is 10.9. The van der Waals surface area contributed by atoms with Gasteiger partial charge in [0.2, 0.25) is 10.0 Å². The topological polar surface area (TPSA) is 46.2 Å². The number of nitrogens with one attached hydrogen (secondary N) is 1. The lowest BCUT2D eigenvalue weighted by Gasteiger charge is -2.13. The molecule has 0 saturated heterocycles. The molecule has 0 bridgehead atoms. The Hall–Kier alpha value is -2.24. The number of anilines is 1. The van der Waals surface area contributed by atoms with Gasteiger partial charge in [-0.05, 0) is 43.3 Å². The Labute approximate surface area is 152 Å². The lowest BCUT2D eigenvalue weighted by atomic mass is 10.3. The monoisotopic (exact) mass is 370 g/mol. The molecule has 3 aromatic carbocycles. The smallest absolute Gasteiger partial charge is 0.232 e. The van der Waals surface area contributed by atoms with Crippen LogP contribution in [-0.4, -0.2) is 14.2 Å². The summed E-state index contributed by atoms with van der Waals surface area (Å²) in [6.07, 6.45) is 0. The lowest BCUT2D eigenvalue weighted by Crippen LogP contribution is -2.17. The fourth-order valence-corrected chi connectivity index (χ4v) is 5.39. The summed E-state index contributed by atoms with van der Waals surface area (Å²) >= 11 is 0. The van der Waals surface area contributed by atoms with Gasteiger partial charge in [-0.2, -0.15) is 0 Å². The van der Waals surface area contributed by atoms with E-state index in [0.29, 0.717) is 5.69 Å². The van der Waals surface area contributed by atoms with Crippen LogP contribution in [0.1, 0.15) is 6.92 Å². The van der Waals surface area contributed by atoms with Crippen LogP contribution >= 0.6 is 0 Å². The zero-order chi connectivity index (χ0) is 17.7. The van der Waals surface area contributed by atoms with Gasteiger partial charge in [0, 0.05) is 0 Å². The highest BCUT2D eigenvalue weighted by Crippen LogP contribution is 2.35. The van der Waals surface area contributed by atoms with Crippen LogP contribution in [0, 0.1) is 0 Å². The second kappa shape index (κ2) is 7.76. The van der Waals surface area contributed by atoms with Gasteiger partial charge in [0.05, 0.1) is 5.75 Å². The quantitative estimate of drug-likeness (QED) is 0.647. The second-order valence-corrected chi connectivity index (χ2v) is 9.44. The number of benzene rings is 3. The Morgan fingerprint density at radius 3 is 1.76 bits per heavy atom. The van der Waals surface area contributed by atoms with Crippen molar-refractivity contribution in [2.75, 3.05) is 10.5 Å². The van der Waals surface area contributed by atoms with Gasteiger partial charge < -0.3 is 0 Å². The third-order valence-corrected chi connectivity index (χ3v) is 7.28. The Balaban J connectivity index is 2.15. The maximum Gasteiger partial charge on any atom is 0.232 e. The van der Waals surface area contributed by atoms with E-state index in [1.807, 2.05) is 60.7 Å². The van der Waals surface area contributed by atoms with Crippen LogP contribution in [0.2, 0.25) is 0 Å². The van der Waals surface area contributed by atoms with Gasteiger partial charge in [-0.15, -0.1) is 0 Å². The standard InChI is InChI=1S/C20H20NO2S2/c1-2-25(22,23)21-19-15-9-10-16-20(19)24(17-11-5-3-6-12-17)18-13-7-4-8-14-18/h3-16,21H,2H2,1H3/q+1. The van der Waals surface area contributed by atoms with Crippen molar-refractivity contribution >= 4 is 26.6 Å². The van der Waals surface area contributed by atoms with Crippen molar-refractivity contribution < 1.29 is 8.42 Å². The molecule has 0 fully saturated rings. The van der Waals surface area contributed by atoms with Crippen LogP contribution in [0.3, 0.4) is 0 Å². The molecule has 0 saturated carbocycles. The molecule has 0 spiro atoms. The molecule has 0 aliphatic carbocycles. The Morgan fingerprint density at radius 2 is 1.24 bits per heavy atom. The summed E-state index contributed by atoms with van der Waals surface area (Å²) in [6.45, 7) is 1.64. The first-order valence-electron chi connectivity index (χ1n) is 8.04. The first-order chi connectivity index (χ1) is 12.1. The molecule has 3 nitrogen and oxygen atoms in total. The maximum atomic E-state index is 12.1. The van der Waals surface area contributed by atoms with E-state index in [4.69, 9.17) is 0 Å². The summed E-state index contributed by atoms with van der Waals surface area (Å²) < 4.78 is 27.0. The normalized spacial score (nSPS) is 11.4. The molecule has 0 heterocycles. The van der Waals surface area contributed by atoms with Crippen molar-refractivity contribution in [2.45, 2.75) is 21.6 Å². The summed E-state index contributed by atoms with van der Waals surface area (Å²) in [5.41, 5.74) is 0.639. The first kappa shape index (κ1) is 17.6. The van der Waals surface area contributed by atoms with Crippen LogP contribution < -0.4 is 4.72 Å². The Morgan fingerprint density at radius 1 is 0.760 bits per heavy atom. The molecule has 0 aromatic heterocycles. The highest BCUT2D eigenvalue weighted by molar-refractivity contribution is 7.97. The molecular formula is C20H20NO2S2+. The lowest BCUT2D eigenvalue weighted by molar-refractivity contribution is 0.602. The fourth-order valence-electron chi connectivity index (χ4n) is 2.47. The molecule has 0 amide bonds. The average Bonchev–Trinajstić information content (AvgIpc) is 2.65. The third-order valence-electron chi connectivity index (χ3n) is 3.71. The van der Waals surface area contributed by atoms with E-state index in [-0.39, 0.29) is 16.6 Å². The predicted octanol–water partition coefficient (Wildman–Crippen LogP) is 4.54. The molecule has 0 atom stereocenters. The molecule has 0 radical (unpaired) electrons. The van der Waals surface area contributed by atoms with E-state index in [9.17, 15) is 8.42 Å². The van der Waals surface area contributed by atoms with E-state index in [1.54, 1.807) is 6.92 Å².